The van der Waals surface area contributed by atoms with Crippen LogP contribution in [0.3, 0.4) is 0 Å². The van der Waals surface area contributed by atoms with E-state index in [0.717, 1.165) is 31.6 Å². The molecule has 1 aliphatic heterocycles. The van der Waals surface area contributed by atoms with Crippen molar-refractivity contribution in [3.05, 3.63) is 24.0 Å². The number of rotatable bonds is 5. The molecule has 1 amide bonds. The van der Waals surface area contributed by atoms with Gasteiger partial charge < -0.3 is 14.6 Å². The first-order valence-electron chi connectivity index (χ1n) is 8.65. The third-order valence-electron chi connectivity index (χ3n) is 4.77. The number of hydrogen-bond acceptors (Lipinski definition) is 3. The highest BCUT2D eigenvalue weighted by Gasteiger charge is 2.37. The Kier molecular flexibility index (Phi) is 5.53. The van der Waals surface area contributed by atoms with E-state index in [-0.39, 0.29) is 11.9 Å². The summed E-state index contributed by atoms with van der Waals surface area (Å²) >= 11 is 0. The van der Waals surface area contributed by atoms with Crippen molar-refractivity contribution in [3.63, 3.8) is 0 Å². The van der Waals surface area contributed by atoms with Crippen LogP contribution in [0.4, 0.5) is 0 Å². The minimum atomic E-state index is -0.712. The summed E-state index contributed by atoms with van der Waals surface area (Å²) in [5, 5.41) is 10.2. The van der Waals surface area contributed by atoms with Gasteiger partial charge in [-0.25, -0.2) is 0 Å². The summed E-state index contributed by atoms with van der Waals surface area (Å²) in [5.41, 5.74) is 0.0324. The highest BCUT2D eigenvalue weighted by Crippen LogP contribution is 2.23. The van der Waals surface area contributed by atoms with E-state index in [4.69, 9.17) is 0 Å². The molecule has 23 heavy (non-hydrogen) atoms. The monoisotopic (exact) mass is 321 g/mol. The average molecular weight is 321 g/mol. The van der Waals surface area contributed by atoms with Crippen LogP contribution in [0.25, 0.3) is 0 Å². The van der Waals surface area contributed by atoms with Crippen molar-refractivity contribution < 1.29 is 9.90 Å². The van der Waals surface area contributed by atoms with E-state index in [1.165, 1.54) is 0 Å². The number of aryl methyl sites for hydroxylation is 1. The molecule has 0 aromatic carbocycles. The molecule has 2 atom stereocenters. The Hall–Kier alpha value is -1.33. The quantitative estimate of drug-likeness (QED) is 0.903. The van der Waals surface area contributed by atoms with Crippen molar-refractivity contribution in [2.45, 2.75) is 58.2 Å². The fourth-order valence-electron chi connectivity index (χ4n) is 3.52. The molecule has 2 rings (SSSR count). The Balaban J connectivity index is 2.19. The fraction of sp³-hybridized carbons (Fsp3) is 0.722. The first-order valence-corrected chi connectivity index (χ1v) is 8.65. The number of nitrogens with zero attached hydrogens (tertiary/aromatic N) is 3. The van der Waals surface area contributed by atoms with Crippen LogP contribution in [-0.4, -0.2) is 62.7 Å². The van der Waals surface area contributed by atoms with Crippen molar-refractivity contribution in [3.8, 4) is 0 Å². The summed E-state index contributed by atoms with van der Waals surface area (Å²) < 4.78 is 1.89. The molecule has 0 spiro atoms. The largest absolute Gasteiger partial charge is 0.389 e. The second-order valence-corrected chi connectivity index (χ2v) is 7.33. The van der Waals surface area contributed by atoms with E-state index in [1.807, 2.05) is 48.7 Å². The molecule has 5 nitrogen and oxygen atoms in total. The zero-order valence-corrected chi connectivity index (χ0v) is 15.1. The topological polar surface area (TPSA) is 48.7 Å². The van der Waals surface area contributed by atoms with E-state index in [9.17, 15) is 9.90 Å². The average Bonchev–Trinajstić information content (AvgIpc) is 2.90. The van der Waals surface area contributed by atoms with Gasteiger partial charge >= 0.3 is 0 Å². The molecule has 1 saturated heterocycles. The molecule has 5 heteroatoms. The van der Waals surface area contributed by atoms with Crippen LogP contribution < -0.4 is 0 Å². The van der Waals surface area contributed by atoms with Gasteiger partial charge in [-0.05, 0) is 38.8 Å². The summed E-state index contributed by atoms with van der Waals surface area (Å²) in [7, 11) is 1.91. The van der Waals surface area contributed by atoms with Gasteiger partial charge in [0.15, 0.2) is 0 Å². The molecule has 0 radical (unpaired) electrons. The maximum Gasteiger partial charge on any atom is 0.270 e. The molecule has 2 heterocycles. The molecular formula is C18H31N3O2. The van der Waals surface area contributed by atoms with Crippen LogP contribution >= 0.6 is 0 Å². The zero-order chi connectivity index (χ0) is 17.2. The van der Waals surface area contributed by atoms with Crippen LogP contribution in [0.15, 0.2) is 18.3 Å². The van der Waals surface area contributed by atoms with Crippen molar-refractivity contribution in [2.24, 2.45) is 7.05 Å². The van der Waals surface area contributed by atoms with Crippen LogP contribution in [0.5, 0.6) is 0 Å². The van der Waals surface area contributed by atoms with Gasteiger partial charge in [0.2, 0.25) is 0 Å². The highest BCUT2D eigenvalue weighted by atomic mass is 16.3. The predicted molar refractivity (Wildman–Crippen MR) is 92.5 cm³/mol. The summed E-state index contributed by atoms with van der Waals surface area (Å²) in [6.07, 6.45) is 3.81. The maximum absolute atomic E-state index is 12.9. The zero-order valence-electron chi connectivity index (χ0n) is 15.1. The van der Waals surface area contributed by atoms with E-state index < -0.39 is 5.60 Å². The van der Waals surface area contributed by atoms with Gasteiger partial charge in [-0.1, -0.05) is 13.8 Å². The predicted octanol–water partition coefficient (Wildman–Crippen LogP) is 2.11. The molecule has 0 bridgehead atoms. The maximum atomic E-state index is 12.9. The lowest BCUT2D eigenvalue weighted by molar-refractivity contribution is -0.0239. The standard InChI is InChI=1S/C18H31N3O2/c1-6-14-12-21(17(22)16-9-8-10-19(16)5)15(7-2)11-20(14)13-18(3,4)23/h8-10,14-15,23H,6-7,11-13H2,1-5H3/t14-,15-/m0/s1. The Morgan fingerprint density at radius 3 is 2.39 bits per heavy atom. The number of carbonyl (C=O) groups excluding carboxylic acids is 1. The van der Waals surface area contributed by atoms with Gasteiger partial charge in [-0.3, -0.25) is 9.69 Å². The Morgan fingerprint density at radius 1 is 1.26 bits per heavy atom. The van der Waals surface area contributed by atoms with Gasteiger partial charge in [0.25, 0.3) is 5.91 Å². The van der Waals surface area contributed by atoms with Crippen molar-refractivity contribution in [2.75, 3.05) is 19.6 Å². The third kappa shape index (κ3) is 4.15. The number of aromatic nitrogens is 1. The molecule has 0 aliphatic carbocycles. The number of aliphatic hydroxyl groups is 1. The highest BCUT2D eigenvalue weighted by molar-refractivity contribution is 5.93. The molecule has 1 N–H and O–H groups in total. The van der Waals surface area contributed by atoms with Crippen LogP contribution in [0.2, 0.25) is 0 Å². The summed E-state index contributed by atoms with van der Waals surface area (Å²) in [5.74, 6) is 0.116. The van der Waals surface area contributed by atoms with Crippen molar-refractivity contribution >= 4 is 5.91 Å². The molecule has 1 aromatic heterocycles. The summed E-state index contributed by atoms with van der Waals surface area (Å²) in [6, 6.07) is 4.30. The molecule has 0 unspecified atom stereocenters. The third-order valence-corrected chi connectivity index (χ3v) is 4.77. The van der Waals surface area contributed by atoms with Gasteiger partial charge in [0, 0.05) is 45.0 Å². The molecule has 0 saturated carbocycles. The molecular weight excluding hydrogens is 290 g/mol. The molecule has 1 aliphatic rings. The van der Waals surface area contributed by atoms with Crippen LogP contribution in [-0.2, 0) is 7.05 Å². The second kappa shape index (κ2) is 7.05. The van der Waals surface area contributed by atoms with Crippen LogP contribution in [0, 0.1) is 0 Å². The SMILES string of the molecule is CC[C@H]1CN(C(=O)c2cccn2C)[C@@H](CC)CN1CC(C)(C)O. The number of carbonyl (C=O) groups is 1. The summed E-state index contributed by atoms with van der Waals surface area (Å²) in [6.45, 7) is 10.2. The lowest BCUT2D eigenvalue weighted by atomic mass is 9.99. The Bertz CT molecular complexity index is 533. The van der Waals surface area contributed by atoms with Gasteiger partial charge in [-0.15, -0.1) is 0 Å². The van der Waals surface area contributed by atoms with Crippen molar-refractivity contribution in [1.82, 2.24) is 14.4 Å². The Labute approximate surface area is 139 Å². The van der Waals surface area contributed by atoms with E-state index in [2.05, 4.69) is 18.7 Å². The lowest BCUT2D eigenvalue weighted by Crippen LogP contribution is -2.61. The number of piperazine rings is 1. The number of β-amino-alcohol motifs (C(OH)–C–C–N with tert-alkyl or cyclic N) is 1. The van der Waals surface area contributed by atoms with Gasteiger partial charge in [-0.2, -0.15) is 0 Å². The Morgan fingerprint density at radius 2 is 1.91 bits per heavy atom. The van der Waals surface area contributed by atoms with Gasteiger partial charge in [0.1, 0.15) is 5.69 Å². The second-order valence-electron chi connectivity index (χ2n) is 7.33. The lowest BCUT2D eigenvalue weighted by Gasteiger charge is -2.47. The molecule has 1 aromatic rings. The number of amides is 1. The smallest absolute Gasteiger partial charge is 0.270 e. The minimum absolute atomic E-state index is 0.116. The summed E-state index contributed by atoms with van der Waals surface area (Å²) in [4.78, 5) is 17.3. The van der Waals surface area contributed by atoms with Gasteiger partial charge in [0.05, 0.1) is 5.60 Å². The first-order chi connectivity index (χ1) is 10.8. The minimum Gasteiger partial charge on any atom is -0.389 e. The normalized spacial score (nSPS) is 23.3. The van der Waals surface area contributed by atoms with Crippen molar-refractivity contribution in [1.29, 1.82) is 0 Å². The van der Waals surface area contributed by atoms with E-state index in [0.29, 0.717) is 12.6 Å². The van der Waals surface area contributed by atoms with E-state index >= 15 is 0 Å². The van der Waals surface area contributed by atoms with E-state index in [1.54, 1.807) is 0 Å². The molecule has 130 valence electrons. The number of hydrogen-bond donors (Lipinski definition) is 1. The fourth-order valence-corrected chi connectivity index (χ4v) is 3.52. The first kappa shape index (κ1) is 18.0. The molecule has 1 fully saturated rings. The van der Waals surface area contributed by atoms with Crippen LogP contribution in [0.1, 0.15) is 51.0 Å².